The topological polar surface area (TPSA) is 165 Å². The highest BCUT2D eigenvalue weighted by atomic mass is 79.9. The van der Waals surface area contributed by atoms with Crippen LogP contribution in [0, 0.1) is 0 Å². The lowest BCUT2D eigenvalue weighted by Crippen LogP contribution is -2.47. The van der Waals surface area contributed by atoms with Crippen LogP contribution in [-0.2, 0) is 40.6 Å². The van der Waals surface area contributed by atoms with Gasteiger partial charge in [0.2, 0.25) is 17.7 Å². The van der Waals surface area contributed by atoms with Crippen molar-refractivity contribution in [1.29, 1.82) is 0 Å². The van der Waals surface area contributed by atoms with Crippen molar-refractivity contribution in [3.8, 4) is 33.8 Å². The Morgan fingerprint density at radius 3 is 1.36 bits per heavy atom. The molecule has 6 heterocycles. The molecule has 12 rings (SSSR count). The number of hydrogen-bond donors (Lipinski definition) is 4. The molecule has 384 valence electrons. The van der Waals surface area contributed by atoms with E-state index in [2.05, 4.69) is 140 Å². The van der Waals surface area contributed by atoms with E-state index in [0.29, 0.717) is 39.3 Å². The average molecular weight is 1080 g/mol. The number of piperazine rings is 3. The van der Waals surface area contributed by atoms with Crippen LogP contribution in [0.3, 0.4) is 0 Å². The van der Waals surface area contributed by atoms with Crippen LogP contribution in [0.25, 0.3) is 54.6 Å². The van der Waals surface area contributed by atoms with Crippen molar-refractivity contribution in [3.63, 3.8) is 0 Å². The van der Waals surface area contributed by atoms with Crippen molar-refractivity contribution in [2.75, 3.05) is 58.9 Å². The SMILES string of the molecule is O=C1CN(Cc2ccc3cncc(-c4ccc(O)cc4)c3c2)CCN1.O=C1CN(Cc2ccc3cncc(-c4ccc(OCc5ccccc5)cc4)c3c2)CCN1.O=C1CN(Cc2ccc3cncc(Br)c3c2)CCN1. The van der Waals surface area contributed by atoms with Crippen molar-refractivity contribution >= 4 is 66.0 Å². The molecule has 0 bridgehead atoms. The van der Waals surface area contributed by atoms with Gasteiger partial charge in [0.1, 0.15) is 18.1 Å². The number of carbonyl (C=O) groups is 3. The molecule has 3 aliphatic rings. The van der Waals surface area contributed by atoms with E-state index in [1.165, 1.54) is 16.7 Å². The first-order chi connectivity index (χ1) is 37.1. The van der Waals surface area contributed by atoms with Crippen molar-refractivity contribution in [1.82, 2.24) is 45.6 Å². The molecule has 3 saturated heterocycles. The summed E-state index contributed by atoms with van der Waals surface area (Å²) in [6.07, 6.45) is 11.2. The molecule has 0 radical (unpaired) electrons. The van der Waals surface area contributed by atoms with E-state index in [1.54, 1.807) is 18.3 Å². The molecule has 15 heteroatoms. The molecule has 0 aliphatic carbocycles. The van der Waals surface area contributed by atoms with Crippen LogP contribution in [0.15, 0.2) is 175 Å². The highest BCUT2D eigenvalue weighted by molar-refractivity contribution is 9.10. The first-order valence-electron chi connectivity index (χ1n) is 25.4. The summed E-state index contributed by atoms with van der Waals surface area (Å²) in [6.45, 7) is 9.03. The molecule has 0 saturated carbocycles. The van der Waals surface area contributed by atoms with E-state index >= 15 is 0 Å². The first kappa shape index (κ1) is 51.4. The van der Waals surface area contributed by atoms with Gasteiger partial charge in [-0.15, -0.1) is 0 Å². The van der Waals surface area contributed by atoms with Gasteiger partial charge in [-0.1, -0.05) is 91.0 Å². The summed E-state index contributed by atoms with van der Waals surface area (Å²) in [6, 6.07) is 44.6. The molecular formula is C61H58BrN9O5. The molecule has 9 aromatic rings. The zero-order valence-electron chi connectivity index (χ0n) is 42.0. The van der Waals surface area contributed by atoms with Gasteiger partial charge in [0.25, 0.3) is 0 Å². The number of ether oxygens (including phenoxy) is 1. The number of benzene rings is 6. The van der Waals surface area contributed by atoms with Crippen molar-refractivity contribution in [3.05, 3.63) is 197 Å². The predicted molar refractivity (Wildman–Crippen MR) is 301 cm³/mol. The number of rotatable bonds is 11. The van der Waals surface area contributed by atoms with E-state index in [9.17, 15) is 19.5 Å². The summed E-state index contributed by atoms with van der Waals surface area (Å²) in [7, 11) is 0. The Morgan fingerprint density at radius 2 is 0.895 bits per heavy atom. The highest BCUT2D eigenvalue weighted by Gasteiger charge is 2.19. The van der Waals surface area contributed by atoms with Gasteiger partial charge in [0.05, 0.1) is 19.6 Å². The van der Waals surface area contributed by atoms with Crippen molar-refractivity contribution < 1.29 is 24.2 Å². The molecule has 4 N–H and O–H groups in total. The van der Waals surface area contributed by atoms with Gasteiger partial charge in [0.15, 0.2) is 0 Å². The third-order valence-electron chi connectivity index (χ3n) is 13.6. The summed E-state index contributed by atoms with van der Waals surface area (Å²) in [5.41, 5.74) is 8.99. The molecule has 3 amide bonds. The van der Waals surface area contributed by atoms with Gasteiger partial charge in [-0.05, 0) is 108 Å². The number of halogens is 1. The maximum absolute atomic E-state index is 11.7. The maximum atomic E-state index is 11.7. The van der Waals surface area contributed by atoms with Crippen LogP contribution in [0.5, 0.6) is 11.5 Å². The van der Waals surface area contributed by atoms with Crippen molar-refractivity contribution in [2.24, 2.45) is 0 Å². The van der Waals surface area contributed by atoms with Crippen LogP contribution in [-0.4, -0.2) is 111 Å². The van der Waals surface area contributed by atoms with E-state index in [-0.39, 0.29) is 23.5 Å². The number of amides is 3. The number of phenolic OH excluding ortho intramolecular Hbond substituents is 1. The monoisotopic (exact) mass is 1080 g/mol. The Labute approximate surface area is 449 Å². The molecule has 0 spiro atoms. The lowest BCUT2D eigenvalue weighted by atomic mass is 9.99. The fourth-order valence-corrected chi connectivity index (χ4v) is 10.2. The lowest BCUT2D eigenvalue weighted by Gasteiger charge is -2.26. The number of nitrogens with zero attached hydrogens (tertiary/aromatic N) is 6. The molecular weight excluding hydrogens is 1020 g/mol. The summed E-state index contributed by atoms with van der Waals surface area (Å²) in [5.74, 6) is 1.38. The molecule has 6 aromatic carbocycles. The molecule has 3 aromatic heterocycles. The molecule has 76 heavy (non-hydrogen) atoms. The number of aromatic hydroxyl groups is 1. The Hall–Kier alpha value is -8.08. The zero-order chi connectivity index (χ0) is 52.2. The molecule has 3 fully saturated rings. The summed E-state index contributed by atoms with van der Waals surface area (Å²) in [5, 5.41) is 24.8. The fraction of sp³-hybridized carbons (Fsp3) is 0.213. The van der Waals surface area contributed by atoms with Gasteiger partial charge in [-0.3, -0.25) is 44.0 Å². The number of carbonyl (C=O) groups excluding carboxylic acids is 3. The number of pyridine rings is 3. The van der Waals surface area contributed by atoms with Gasteiger partial charge < -0.3 is 25.8 Å². The molecule has 0 atom stereocenters. The summed E-state index contributed by atoms with van der Waals surface area (Å²) < 4.78 is 6.93. The van der Waals surface area contributed by atoms with E-state index in [1.807, 2.05) is 73.4 Å². The quantitative estimate of drug-likeness (QED) is 0.0978. The second kappa shape index (κ2) is 24.5. The lowest BCUT2D eigenvalue weighted by molar-refractivity contribution is -0.125. The highest BCUT2D eigenvalue weighted by Crippen LogP contribution is 2.32. The van der Waals surface area contributed by atoms with Crippen LogP contribution >= 0.6 is 15.9 Å². The normalized spacial score (nSPS) is 15.2. The van der Waals surface area contributed by atoms with Crippen LogP contribution in [0.4, 0.5) is 0 Å². The summed E-state index contributed by atoms with van der Waals surface area (Å²) in [4.78, 5) is 54.1. The Bertz CT molecular complexity index is 3490. The number of fused-ring (bicyclic) bond motifs is 3. The Balaban J connectivity index is 0.000000134. The van der Waals surface area contributed by atoms with E-state index < -0.39 is 0 Å². The molecule has 3 aliphatic heterocycles. The van der Waals surface area contributed by atoms with E-state index in [0.717, 1.165) is 116 Å². The number of phenols is 1. The number of hydrogen-bond acceptors (Lipinski definition) is 11. The average Bonchev–Trinajstić information content (AvgIpc) is 3.45. The minimum atomic E-state index is 0.0843. The van der Waals surface area contributed by atoms with Gasteiger partial charge in [-0.2, -0.15) is 0 Å². The second-order valence-corrected chi connectivity index (χ2v) is 20.0. The third-order valence-corrected chi connectivity index (χ3v) is 14.2. The number of aromatic nitrogens is 3. The fourth-order valence-electron chi connectivity index (χ4n) is 9.72. The standard InChI is InChI=1S/C27H25N3O2.C20H19N3O2.C14H14BrN3O/c31-27-18-30(13-12-29-27)17-21-6-7-23-15-28-16-26(25(23)14-21)22-8-10-24(11-9-22)32-19-20-4-2-1-3-5-20;24-17-5-3-15(4-6-17)19-11-21-10-16-2-1-14(9-18(16)19)12-23-8-7-22-20(25)13-23;15-13-7-16-6-11-2-1-10(5-12(11)13)8-18-4-3-17-14(19)9-18/h1-11,14-16H,12-13,17-19H2,(H,29,31);1-6,9-11,24H,7-8,12-13H2,(H,22,25);1-2,5-7H,3-4,8-9H2,(H,17,19). The molecule has 0 unspecified atom stereocenters. The Kier molecular flexibility index (Phi) is 16.6. The minimum Gasteiger partial charge on any atom is -0.508 e. The van der Waals surface area contributed by atoms with Crippen LogP contribution in [0.2, 0.25) is 0 Å². The second-order valence-electron chi connectivity index (χ2n) is 19.2. The molecule has 14 nitrogen and oxygen atoms in total. The minimum absolute atomic E-state index is 0.0843. The van der Waals surface area contributed by atoms with Crippen molar-refractivity contribution in [2.45, 2.75) is 26.2 Å². The largest absolute Gasteiger partial charge is 0.508 e. The first-order valence-corrected chi connectivity index (χ1v) is 26.2. The maximum Gasteiger partial charge on any atom is 0.234 e. The van der Waals surface area contributed by atoms with Crippen LogP contribution < -0.4 is 20.7 Å². The zero-order valence-corrected chi connectivity index (χ0v) is 43.6. The van der Waals surface area contributed by atoms with Gasteiger partial charge >= 0.3 is 0 Å². The Morgan fingerprint density at radius 1 is 0.474 bits per heavy atom. The smallest absolute Gasteiger partial charge is 0.234 e. The van der Waals surface area contributed by atoms with Gasteiger partial charge in [-0.25, -0.2) is 0 Å². The van der Waals surface area contributed by atoms with Crippen LogP contribution in [0.1, 0.15) is 22.3 Å². The van der Waals surface area contributed by atoms with Gasteiger partial charge in [0, 0.05) is 128 Å². The third kappa shape index (κ3) is 13.4. The predicted octanol–water partition coefficient (Wildman–Crippen LogP) is 8.88. The summed E-state index contributed by atoms with van der Waals surface area (Å²) >= 11 is 3.53. The number of nitrogens with one attached hydrogen (secondary N) is 3. The van der Waals surface area contributed by atoms with E-state index in [4.69, 9.17) is 4.74 Å².